The molecule has 3 atom stereocenters. The molecule has 5 heteroatoms. The first-order chi connectivity index (χ1) is 8.25. The molecule has 4 aliphatic rings. The topological polar surface area (TPSA) is 59.1 Å². The van der Waals surface area contributed by atoms with Gasteiger partial charge in [0.15, 0.2) is 0 Å². The fraction of sp³-hybridized carbons (Fsp3) is 0.667. The van der Waals surface area contributed by atoms with E-state index in [9.17, 15) is 9.59 Å². The summed E-state index contributed by atoms with van der Waals surface area (Å²) in [7, 11) is 0. The number of hydrogen-bond donors (Lipinski definition) is 0. The van der Waals surface area contributed by atoms with Crippen LogP contribution in [0.2, 0.25) is 0 Å². The van der Waals surface area contributed by atoms with Gasteiger partial charge in [-0.1, -0.05) is 0 Å². The Hall–Kier alpha value is -1.20. The zero-order chi connectivity index (χ0) is 11.6. The van der Waals surface area contributed by atoms with E-state index in [0.29, 0.717) is 25.0 Å². The molecule has 0 radical (unpaired) electrons. The highest BCUT2D eigenvalue weighted by Crippen LogP contribution is 2.52. The van der Waals surface area contributed by atoms with Gasteiger partial charge in [0, 0.05) is 11.1 Å². The first-order valence-electron chi connectivity index (χ1n) is 6.13. The van der Waals surface area contributed by atoms with Crippen molar-refractivity contribution in [2.45, 2.75) is 25.4 Å². The molecule has 0 spiro atoms. The van der Waals surface area contributed by atoms with Crippen LogP contribution < -0.4 is 0 Å². The van der Waals surface area contributed by atoms with Gasteiger partial charge < -0.3 is 4.74 Å². The van der Waals surface area contributed by atoms with Crippen molar-refractivity contribution in [3.05, 3.63) is 11.1 Å². The summed E-state index contributed by atoms with van der Waals surface area (Å²) >= 11 is 0. The third-order valence-electron chi connectivity index (χ3n) is 4.16. The second kappa shape index (κ2) is 3.17. The van der Waals surface area contributed by atoms with E-state index < -0.39 is 0 Å². The number of carbonyl (C=O) groups is 2. The van der Waals surface area contributed by atoms with Crippen molar-refractivity contribution in [1.82, 2.24) is 5.06 Å². The average molecular weight is 235 g/mol. The molecular weight excluding hydrogens is 222 g/mol. The van der Waals surface area contributed by atoms with Crippen LogP contribution in [0, 0.1) is 11.8 Å². The van der Waals surface area contributed by atoms with Crippen molar-refractivity contribution in [2.24, 2.45) is 11.8 Å². The number of hydrogen-bond acceptors (Lipinski definition) is 4. The number of ether oxygens (including phenoxy) is 1. The summed E-state index contributed by atoms with van der Waals surface area (Å²) in [6, 6.07) is 0. The normalized spacial score (nSPS) is 38.4. The summed E-state index contributed by atoms with van der Waals surface area (Å²) in [4.78, 5) is 29.5. The predicted octanol–water partition coefficient (Wildman–Crippen LogP) is 0.412. The summed E-state index contributed by atoms with van der Waals surface area (Å²) in [6.45, 7) is 0.960. The molecule has 3 unspecified atom stereocenters. The Balaban J connectivity index is 1.57. The summed E-state index contributed by atoms with van der Waals surface area (Å²) in [5.74, 6) is 0.158. The van der Waals surface area contributed by atoms with Crippen molar-refractivity contribution >= 4 is 11.8 Å². The third kappa shape index (κ3) is 1.26. The highest BCUT2D eigenvalue weighted by Gasteiger charge is 2.53. The van der Waals surface area contributed by atoms with Gasteiger partial charge in [0.2, 0.25) is 0 Å². The smallest absolute Gasteiger partial charge is 0.281 e. The first kappa shape index (κ1) is 9.79. The van der Waals surface area contributed by atoms with Gasteiger partial charge in [-0.15, -0.1) is 5.06 Å². The molecule has 5 nitrogen and oxygen atoms in total. The average Bonchev–Trinajstić information content (AvgIpc) is 2.83. The standard InChI is InChI=1S/C12H13NO4/c14-11-9-6-1-2-7(3-6)10(9)12(15)13(11)17-5-8-4-16-8/h6-8H,1-5H2. The monoisotopic (exact) mass is 235 g/mol. The van der Waals surface area contributed by atoms with Gasteiger partial charge in [0.05, 0.1) is 6.61 Å². The number of imide groups is 1. The maximum Gasteiger partial charge on any atom is 0.281 e. The molecule has 1 saturated heterocycles. The Morgan fingerprint density at radius 3 is 2.29 bits per heavy atom. The number of amides is 2. The molecule has 90 valence electrons. The van der Waals surface area contributed by atoms with Crippen molar-refractivity contribution in [3.8, 4) is 0 Å². The van der Waals surface area contributed by atoms with Crippen LogP contribution in [0.25, 0.3) is 0 Å². The van der Waals surface area contributed by atoms with Crippen LogP contribution in [0.5, 0.6) is 0 Å². The minimum Gasteiger partial charge on any atom is -0.371 e. The van der Waals surface area contributed by atoms with Crippen LogP contribution in [0.4, 0.5) is 0 Å². The molecule has 0 aromatic heterocycles. The van der Waals surface area contributed by atoms with Crippen LogP contribution in [0.15, 0.2) is 11.1 Å². The highest BCUT2D eigenvalue weighted by atomic mass is 16.7. The minimum absolute atomic E-state index is 0.0581. The van der Waals surface area contributed by atoms with Crippen molar-refractivity contribution in [3.63, 3.8) is 0 Å². The van der Waals surface area contributed by atoms with Gasteiger partial charge >= 0.3 is 0 Å². The summed E-state index contributed by atoms with van der Waals surface area (Å²) in [6.07, 6.45) is 3.13. The third-order valence-corrected chi connectivity index (χ3v) is 4.16. The van der Waals surface area contributed by atoms with Crippen LogP contribution in [0.1, 0.15) is 19.3 Å². The Bertz CT molecular complexity index is 419. The molecular formula is C12H13NO4. The van der Waals surface area contributed by atoms with Crippen LogP contribution in [0.3, 0.4) is 0 Å². The van der Waals surface area contributed by atoms with E-state index in [1.165, 1.54) is 0 Å². The Kier molecular flexibility index (Phi) is 1.83. The lowest BCUT2D eigenvalue weighted by molar-refractivity contribution is -0.188. The number of nitrogens with zero attached hydrogens (tertiary/aromatic N) is 1. The first-order valence-corrected chi connectivity index (χ1v) is 6.13. The van der Waals surface area contributed by atoms with Gasteiger partial charge in [-0.2, -0.15) is 0 Å². The molecule has 0 N–H and O–H groups in total. The van der Waals surface area contributed by atoms with Gasteiger partial charge in [0.25, 0.3) is 11.8 Å². The molecule has 2 aliphatic carbocycles. The van der Waals surface area contributed by atoms with Gasteiger partial charge in [0.1, 0.15) is 12.7 Å². The molecule has 1 saturated carbocycles. The predicted molar refractivity (Wildman–Crippen MR) is 55.4 cm³/mol. The number of carbonyl (C=O) groups excluding carboxylic acids is 2. The summed E-state index contributed by atoms with van der Waals surface area (Å²) < 4.78 is 5.00. The van der Waals surface area contributed by atoms with Crippen LogP contribution in [-0.2, 0) is 19.2 Å². The van der Waals surface area contributed by atoms with E-state index in [4.69, 9.17) is 9.57 Å². The SMILES string of the molecule is O=C1C2=C(C(=O)N1OCC1CO1)C1CCC2C1. The van der Waals surface area contributed by atoms with E-state index in [0.717, 1.165) is 35.5 Å². The number of epoxide rings is 1. The van der Waals surface area contributed by atoms with Crippen molar-refractivity contribution in [1.29, 1.82) is 0 Å². The fourth-order valence-electron chi connectivity index (χ4n) is 3.28. The molecule has 4 rings (SSSR count). The van der Waals surface area contributed by atoms with Gasteiger partial charge in [-0.25, -0.2) is 0 Å². The molecule has 0 aromatic rings. The van der Waals surface area contributed by atoms with E-state index in [-0.39, 0.29) is 17.9 Å². The van der Waals surface area contributed by atoms with Crippen molar-refractivity contribution < 1.29 is 19.2 Å². The Morgan fingerprint density at radius 2 is 1.76 bits per heavy atom. The van der Waals surface area contributed by atoms with E-state index in [1.54, 1.807) is 0 Å². The number of fused-ring (bicyclic) bond motifs is 4. The maximum absolute atomic E-state index is 12.1. The highest BCUT2D eigenvalue weighted by molar-refractivity contribution is 6.19. The quantitative estimate of drug-likeness (QED) is 0.525. The minimum atomic E-state index is -0.224. The second-order valence-corrected chi connectivity index (χ2v) is 5.19. The molecule has 2 amide bonds. The largest absolute Gasteiger partial charge is 0.371 e. The lowest BCUT2D eigenvalue weighted by atomic mass is 9.93. The molecule has 2 aliphatic heterocycles. The maximum atomic E-state index is 12.1. The van der Waals surface area contributed by atoms with Crippen LogP contribution in [-0.4, -0.2) is 36.2 Å². The molecule has 0 aromatic carbocycles. The molecule has 17 heavy (non-hydrogen) atoms. The molecule has 2 heterocycles. The van der Waals surface area contributed by atoms with E-state index >= 15 is 0 Å². The van der Waals surface area contributed by atoms with Crippen LogP contribution >= 0.6 is 0 Å². The molecule has 2 fully saturated rings. The zero-order valence-electron chi connectivity index (χ0n) is 9.35. The van der Waals surface area contributed by atoms with Gasteiger partial charge in [-0.3, -0.25) is 14.4 Å². The number of rotatable bonds is 3. The Labute approximate surface area is 98.3 Å². The van der Waals surface area contributed by atoms with E-state index in [1.807, 2.05) is 0 Å². The second-order valence-electron chi connectivity index (χ2n) is 5.19. The lowest BCUT2D eigenvalue weighted by Gasteiger charge is -2.16. The fourth-order valence-corrected chi connectivity index (χ4v) is 3.28. The van der Waals surface area contributed by atoms with Crippen molar-refractivity contribution in [2.75, 3.05) is 13.2 Å². The number of hydroxylamine groups is 2. The van der Waals surface area contributed by atoms with E-state index in [2.05, 4.69) is 0 Å². The summed E-state index contributed by atoms with van der Waals surface area (Å²) in [5.41, 5.74) is 1.48. The Morgan fingerprint density at radius 1 is 1.18 bits per heavy atom. The molecule has 2 bridgehead atoms. The lowest BCUT2D eigenvalue weighted by Crippen LogP contribution is -2.34. The van der Waals surface area contributed by atoms with Gasteiger partial charge in [-0.05, 0) is 31.1 Å². The summed E-state index contributed by atoms with van der Waals surface area (Å²) in [5, 5.41) is 0.955. The zero-order valence-corrected chi connectivity index (χ0v) is 9.35.